The summed E-state index contributed by atoms with van der Waals surface area (Å²) in [6.07, 6.45) is 0. The third-order valence-electron chi connectivity index (χ3n) is 4.20. The fourth-order valence-corrected chi connectivity index (χ4v) is 3.93. The van der Waals surface area contributed by atoms with Crippen molar-refractivity contribution in [3.63, 3.8) is 0 Å². The van der Waals surface area contributed by atoms with Gasteiger partial charge in [0.05, 0.1) is 10.2 Å². The van der Waals surface area contributed by atoms with E-state index in [1.165, 1.54) is 23.5 Å². The van der Waals surface area contributed by atoms with Gasteiger partial charge in [0.2, 0.25) is 0 Å². The normalized spacial score (nSPS) is 15.0. The Balaban J connectivity index is 1.46. The minimum atomic E-state index is -0.240. The van der Waals surface area contributed by atoms with Crippen LogP contribution in [0.4, 0.5) is 9.52 Å². The Hall–Kier alpha value is -2.47. The number of benzene rings is 2. The van der Waals surface area contributed by atoms with E-state index in [1.54, 1.807) is 6.07 Å². The van der Waals surface area contributed by atoms with E-state index < -0.39 is 0 Å². The second-order valence-electron chi connectivity index (χ2n) is 5.75. The molecule has 0 aliphatic carbocycles. The van der Waals surface area contributed by atoms with Crippen LogP contribution in [0.15, 0.2) is 48.5 Å². The first-order chi connectivity index (χ1) is 11.7. The van der Waals surface area contributed by atoms with E-state index in [4.69, 9.17) is 0 Å². The quantitative estimate of drug-likeness (QED) is 0.717. The maximum Gasteiger partial charge on any atom is 0.253 e. The first kappa shape index (κ1) is 15.1. The van der Waals surface area contributed by atoms with Crippen molar-refractivity contribution in [2.45, 2.75) is 0 Å². The Morgan fingerprint density at radius 3 is 2.54 bits per heavy atom. The number of thiazole rings is 1. The molecule has 1 aliphatic rings. The molecule has 0 bridgehead atoms. The van der Waals surface area contributed by atoms with Gasteiger partial charge in [0.25, 0.3) is 5.91 Å². The van der Waals surface area contributed by atoms with Crippen molar-refractivity contribution < 1.29 is 9.18 Å². The summed E-state index contributed by atoms with van der Waals surface area (Å²) in [5, 5.41) is 0.891. The molecular formula is C18H16FN3OS. The lowest BCUT2D eigenvalue weighted by Crippen LogP contribution is -2.48. The van der Waals surface area contributed by atoms with Gasteiger partial charge in [0.1, 0.15) is 5.82 Å². The predicted molar refractivity (Wildman–Crippen MR) is 94.1 cm³/mol. The number of fused-ring (bicyclic) bond motifs is 1. The highest BCUT2D eigenvalue weighted by molar-refractivity contribution is 7.22. The molecule has 0 atom stereocenters. The second-order valence-corrected chi connectivity index (χ2v) is 6.76. The summed E-state index contributed by atoms with van der Waals surface area (Å²) in [5.74, 6) is -0.169. The fourth-order valence-electron chi connectivity index (χ4n) is 2.89. The molecule has 1 aromatic heterocycles. The summed E-state index contributed by atoms with van der Waals surface area (Å²) in [6.45, 7) is 2.80. The molecule has 0 unspecified atom stereocenters. The van der Waals surface area contributed by atoms with Crippen LogP contribution in [-0.2, 0) is 0 Å². The zero-order chi connectivity index (χ0) is 16.5. The summed E-state index contributed by atoms with van der Waals surface area (Å²) in [4.78, 5) is 21.1. The van der Waals surface area contributed by atoms with Gasteiger partial charge in [-0.1, -0.05) is 29.5 Å². The third-order valence-corrected chi connectivity index (χ3v) is 5.28. The smallest absolute Gasteiger partial charge is 0.253 e. The summed E-state index contributed by atoms with van der Waals surface area (Å²) in [7, 11) is 0. The molecule has 2 aromatic carbocycles. The lowest BCUT2D eigenvalue weighted by molar-refractivity contribution is 0.0747. The molecule has 0 radical (unpaired) electrons. The van der Waals surface area contributed by atoms with E-state index in [0.29, 0.717) is 13.1 Å². The number of aromatic nitrogens is 1. The zero-order valence-corrected chi connectivity index (χ0v) is 13.8. The molecular weight excluding hydrogens is 325 g/mol. The minimum Gasteiger partial charge on any atom is -0.345 e. The number of nitrogens with zero attached hydrogens (tertiary/aromatic N) is 3. The first-order valence-corrected chi connectivity index (χ1v) is 8.68. The number of hydrogen-bond acceptors (Lipinski definition) is 4. The molecule has 2 heterocycles. The minimum absolute atomic E-state index is 0.0709. The summed E-state index contributed by atoms with van der Waals surface area (Å²) >= 11 is 1.50. The van der Waals surface area contributed by atoms with Crippen LogP contribution < -0.4 is 4.90 Å². The standard InChI is InChI=1S/C18H16FN3OS/c19-14-6-7-15-16(12-14)24-18(20-15)22-10-8-21(9-11-22)17(23)13-4-2-1-3-5-13/h1-7,12H,8-11H2. The second kappa shape index (κ2) is 6.20. The Kier molecular flexibility index (Phi) is 3.90. The maximum atomic E-state index is 13.3. The molecule has 1 saturated heterocycles. The molecule has 0 spiro atoms. The highest BCUT2D eigenvalue weighted by Crippen LogP contribution is 2.30. The number of amides is 1. The van der Waals surface area contributed by atoms with E-state index >= 15 is 0 Å². The zero-order valence-electron chi connectivity index (χ0n) is 13.0. The third kappa shape index (κ3) is 2.85. The average Bonchev–Trinajstić information content (AvgIpc) is 3.05. The number of hydrogen-bond donors (Lipinski definition) is 0. The van der Waals surface area contributed by atoms with Crippen LogP contribution in [0.1, 0.15) is 10.4 Å². The highest BCUT2D eigenvalue weighted by atomic mass is 32.1. The fraction of sp³-hybridized carbons (Fsp3) is 0.222. The summed E-state index contributed by atoms with van der Waals surface area (Å²) < 4.78 is 14.2. The molecule has 122 valence electrons. The maximum absolute atomic E-state index is 13.3. The van der Waals surface area contributed by atoms with Crippen LogP contribution in [-0.4, -0.2) is 42.0 Å². The molecule has 0 saturated carbocycles. The van der Waals surface area contributed by atoms with Crippen molar-refractivity contribution in [3.8, 4) is 0 Å². The Bertz CT molecular complexity index is 872. The predicted octanol–water partition coefficient (Wildman–Crippen LogP) is 3.40. The van der Waals surface area contributed by atoms with Crippen LogP contribution in [0.5, 0.6) is 0 Å². The van der Waals surface area contributed by atoms with Gasteiger partial charge in [0, 0.05) is 31.7 Å². The van der Waals surface area contributed by atoms with Gasteiger partial charge in [-0.2, -0.15) is 0 Å². The summed E-state index contributed by atoms with van der Waals surface area (Å²) in [5.41, 5.74) is 1.54. The Labute approximate surface area is 143 Å². The van der Waals surface area contributed by atoms with Gasteiger partial charge in [-0.05, 0) is 30.3 Å². The highest BCUT2D eigenvalue weighted by Gasteiger charge is 2.23. The van der Waals surface area contributed by atoms with E-state index in [0.717, 1.165) is 34.0 Å². The Morgan fingerprint density at radius 2 is 1.79 bits per heavy atom. The van der Waals surface area contributed by atoms with Gasteiger partial charge < -0.3 is 9.80 Å². The van der Waals surface area contributed by atoms with Crippen LogP contribution in [0.3, 0.4) is 0 Å². The topological polar surface area (TPSA) is 36.4 Å². The molecule has 1 aliphatic heterocycles. The molecule has 24 heavy (non-hydrogen) atoms. The van der Waals surface area contributed by atoms with Crippen molar-refractivity contribution in [2.24, 2.45) is 0 Å². The number of piperazine rings is 1. The van der Waals surface area contributed by atoms with E-state index in [2.05, 4.69) is 9.88 Å². The van der Waals surface area contributed by atoms with Gasteiger partial charge in [-0.15, -0.1) is 0 Å². The first-order valence-electron chi connectivity index (χ1n) is 7.86. The van der Waals surface area contributed by atoms with Crippen LogP contribution >= 0.6 is 11.3 Å². The van der Waals surface area contributed by atoms with E-state index in [1.807, 2.05) is 35.2 Å². The Morgan fingerprint density at radius 1 is 1.04 bits per heavy atom. The molecule has 6 heteroatoms. The number of carbonyl (C=O) groups is 1. The van der Waals surface area contributed by atoms with Gasteiger partial charge >= 0.3 is 0 Å². The average molecular weight is 341 g/mol. The van der Waals surface area contributed by atoms with Crippen LogP contribution in [0, 0.1) is 5.82 Å². The van der Waals surface area contributed by atoms with Crippen molar-refractivity contribution in [2.75, 3.05) is 31.1 Å². The van der Waals surface area contributed by atoms with Gasteiger partial charge in [-0.25, -0.2) is 9.37 Å². The van der Waals surface area contributed by atoms with Crippen molar-refractivity contribution in [1.29, 1.82) is 0 Å². The van der Waals surface area contributed by atoms with Gasteiger partial charge in [0.15, 0.2) is 5.13 Å². The van der Waals surface area contributed by atoms with Crippen LogP contribution in [0.2, 0.25) is 0 Å². The molecule has 1 fully saturated rings. The number of rotatable bonds is 2. The SMILES string of the molecule is O=C(c1ccccc1)N1CCN(c2nc3ccc(F)cc3s2)CC1. The van der Waals surface area contributed by atoms with Crippen molar-refractivity contribution >= 4 is 32.6 Å². The van der Waals surface area contributed by atoms with Crippen molar-refractivity contribution in [3.05, 3.63) is 59.9 Å². The summed E-state index contributed by atoms with van der Waals surface area (Å²) in [6, 6.07) is 14.0. The van der Waals surface area contributed by atoms with Crippen molar-refractivity contribution in [1.82, 2.24) is 9.88 Å². The lowest BCUT2D eigenvalue weighted by atomic mass is 10.2. The number of carbonyl (C=O) groups excluding carboxylic acids is 1. The lowest BCUT2D eigenvalue weighted by Gasteiger charge is -2.34. The van der Waals surface area contributed by atoms with Crippen LogP contribution in [0.25, 0.3) is 10.2 Å². The molecule has 1 amide bonds. The monoisotopic (exact) mass is 341 g/mol. The van der Waals surface area contributed by atoms with E-state index in [-0.39, 0.29) is 11.7 Å². The number of halogens is 1. The van der Waals surface area contributed by atoms with E-state index in [9.17, 15) is 9.18 Å². The molecule has 3 aromatic rings. The molecule has 4 nitrogen and oxygen atoms in total. The molecule has 4 rings (SSSR count). The molecule has 0 N–H and O–H groups in total. The number of anilines is 1. The van der Waals surface area contributed by atoms with Gasteiger partial charge in [-0.3, -0.25) is 4.79 Å². The largest absolute Gasteiger partial charge is 0.345 e.